The number of nitrogens with one attached hydrogen (secondary N) is 1. The highest BCUT2D eigenvalue weighted by atomic mass is 32.2. The summed E-state index contributed by atoms with van der Waals surface area (Å²) in [7, 11) is -0.729. The van der Waals surface area contributed by atoms with Gasteiger partial charge in [-0.05, 0) is 30.2 Å². The van der Waals surface area contributed by atoms with E-state index in [1.165, 1.54) is 23.1 Å². The third kappa shape index (κ3) is 5.63. The maximum atomic E-state index is 12.6. The fraction of sp³-hybridized carbons (Fsp3) is 0.263. The summed E-state index contributed by atoms with van der Waals surface area (Å²) in [5, 5.41) is 0. The first-order valence-corrected chi connectivity index (χ1v) is 9.70. The summed E-state index contributed by atoms with van der Waals surface area (Å²) in [4.78, 5) is 24.9. The van der Waals surface area contributed by atoms with Crippen LogP contribution in [-0.4, -0.2) is 45.9 Å². The van der Waals surface area contributed by atoms with Crippen molar-refractivity contribution in [2.75, 3.05) is 20.7 Å². The molecule has 1 amide bonds. The maximum absolute atomic E-state index is 12.6. The Labute approximate surface area is 159 Å². The molecule has 0 spiro atoms. The summed E-state index contributed by atoms with van der Waals surface area (Å²) in [6, 6.07) is 13.4. The third-order valence-corrected chi connectivity index (χ3v) is 5.39. The number of carbonyl (C=O) groups excluding carboxylic acids is 2. The fourth-order valence-corrected chi connectivity index (χ4v) is 3.49. The predicted octanol–water partition coefficient (Wildman–Crippen LogP) is 1.72. The van der Waals surface area contributed by atoms with Crippen LogP contribution in [0.25, 0.3) is 0 Å². The lowest BCUT2D eigenvalue weighted by atomic mass is 10.1. The standard InChI is InChI=1S/C19H22N2O5S/c1-14-9-10-16(19(23)26-13-18(22)21(2)3)11-17(14)27(24,25)20-12-15-7-5-4-6-8-15/h4-11,20H,12-13H2,1-3H3. The minimum atomic E-state index is -3.82. The lowest BCUT2D eigenvalue weighted by Crippen LogP contribution is -2.27. The number of aryl methyl sites for hydroxylation is 1. The van der Waals surface area contributed by atoms with Crippen molar-refractivity contribution in [3.8, 4) is 0 Å². The topological polar surface area (TPSA) is 92.8 Å². The normalized spacial score (nSPS) is 11.1. The van der Waals surface area contributed by atoms with Crippen LogP contribution in [0, 0.1) is 6.92 Å². The molecule has 0 saturated carbocycles. The predicted molar refractivity (Wildman–Crippen MR) is 101 cm³/mol. The van der Waals surface area contributed by atoms with E-state index >= 15 is 0 Å². The van der Waals surface area contributed by atoms with Gasteiger partial charge in [0.25, 0.3) is 5.91 Å². The molecule has 0 aliphatic heterocycles. The Bertz CT molecular complexity index is 924. The lowest BCUT2D eigenvalue weighted by Gasteiger charge is -2.12. The Hall–Kier alpha value is -2.71. The largest absolute Gasteiger partial charge is 0.452 e. The molecule has 7 nitrogen and oxygen atoms in total. The van der Waals surface area contributed by atoms with Gasteiger partial charge in [-0.25, -0.2) is 17.9 Å². The van der Waals surface area contributed by atoms with E-state index in [9.17, 15) is 18.0 Å². The zero-order valence-electron chi connectivity index (χ0n) is 15.4. The van der Waals surface area contributed by atoms with E-state index in [0.29, 0.717) is 5.56 Å². The van der Waals surface area contributed by atoms with Crippen molar-refractivity contribution in [2.45, 2.75) is 18.4 Å². The SMILES string of the molecule is Cc1ccc(C(=O)OCC(=O)N(C)C)cc1S(=O)(=O)NCc1ccccc1. The average Bonchev–Trinajstić information content (AvgIpc) is 2.65. The molecule has 1 N–H and O–H groups in total. The molecule has 8 heteroatoms. The van der Waals surface area contributed by atoms with Gasteiger partial charge in [-0.15, -0.1) is 0 Å². The van der Waals surface area contributed by atoms with Gasteiger partial charge in [0.05, 0.1) is 10.5 Å². The van der Waals surface area contributed by atoms with E-state index in [0.717, 1.165) is 5.56 Å². The highest BCUT2D eigenvalue weighted by molar-refractivity contribution is 7.89. The number of amides is 1. The first kappa shape index (κ1) is 20.6. The second-order valence-electron chi connectivity index (χ2n) is 6.15. The molecule has 0 aliphatic carbocycles. The average molecular weight is 390 g/mol. The minimum Gasteiger partial charge on any atom is -0.452 e. The van der Waals surface area contributed by atoms with Crippen molar-refractivity contribution in [3.63, 3.8) is 0 Å². The fourth-order valence-electron chi connectivity index (χ4n) is 2.21. The Morgan fingerprint density at radius 1 is 1.07 bits per heavy atom. The summed E-state index contributed by atoms with van der Waals surface area (Å²) in [6.07, 6.45) is 0. The third-order valence-electron chi connectivity index (χ3n) is 3.85. The highest BCUT2D eigenvalue weighted by Gasteiger charge is 2.20. The van der Waals surface area contributed by atoms with Crippen molar-refractivity contribution in [3.05, 3.63) is 65.2 Å². The molecule has 0 bridgehead atoms. The number of sulfonamides is 1. The van der Waals surface area contributed by atoms with Crippen LogP contribution in [0.2, 0.25) is 0 Å². The van der Waals surface area contributed by atoms with E-state index in [-0.39, 0.29) is 22.9 Å². The molecule has 0 radical (unpaired) electrons. The van der Waals surface area contributed by atoms with Crippen LogP contribution in [0.5, 0.6) is 0 Å². The molecule has 27 heavy (non-hydrogen) atoms. The summed E-state index contributed by atoms with van der Waals surface area (Å²) < 4.78 is 32.7. The van der Waals surface area contributed by atoms with Crippen LogP contribution < -0.4 is 4.72 Å². The van der Waals surface area contributed by atoms with Gasteiger partial charge in [-0.3, -0.25) is 4.79 Å². The van der Waals surface area contributed by atoms with E-state index in [4.69, 9.17) is 4.74 Å². The molecular weight excluding hydrogens is 368 g/mol. The van der Waals surface area contributed by atoms with Crippen LogP contribution in [-0.2, 0) is 26.1 Å². The maximum Gasteiger partial charge on any atom is 0.338 e. The van der Waals surface area contributed by atoms with Gasteiger partial charge in [-0.1, -0.05) is 36.4 Å². The minimum absolute atomic E-state index is 0.00758. The van der Waals surface area contributed by atoms with Crippen LogP contribution in [0.3, 0.4) is 0 Å². The van der Waals surface area contributed by atoms with E-state index < -0.39 is 22.6 Å². The lowest BCUT2D eigenvalue weighted by molar-refractivity contribution is -0.131. The van der Waals surface area contributed by atoms with Gasteiger partial charge in [-0.2, -0.15) is 0 Å². The first-order chi connectivity index (χ1) is 12.7. The summed E-state index contributed by atoms with van der Waals surface area (Å²) in [5.74, 6) is -1.13. The smallest absolute Gasteiger partial charge is 0.338 e. The molecule has 0 heterocycles. The Balaban J connectivity index is 2.15. The monoisotopic (exact) mass is 390 g/mol. The molecule has 2 rings (SSSR count). The van der Waals surface area contributed by atoms with Gasteiger partial charge in [0, 0.05) is 20.6 Å². The van der Waals surface area contributed by atoms with Crippen LogP contribution in [0.15, 0.2) is 53.4 Å². The number of ether oxygens (including phenoxy) is 1. The molecule has 2 aromatic carbocycles. The summed E-state index contributed by atoms with van der Waals surface area (Å²) >= 11 is 0. The molecule has 0 fully saturated rings. The molecule has 0 atom stereocenters. The van der Waals surface area contributed by atoms with Crippen LogP contribution >= 0.6 is 0 Å². The Morgan fingerprint density at radius 2 is 1.74 bits per heavy atom. The Morgan fingerprint density at radius 3 is 2.37 bits per heavy atom. The number of carbonyl (C=O) groups is 2. The van der Waals surface area contributed by atoms with E-state index in [2.05, 4.69) is 4.72 Å². The van der Waals surface area contributed by atoms with Crippen molar-refractivity contribution in [1.82, 2.24) is 9.62 Å². The van der Waals surface area contributed by atoms with Crippen LogP contribution in [0.4, 0.5) is 0 Å². The number of rotatable bonds is 7. The zero-order valence-corrected chi connectivity index (χ0v) is 16.2. The van der Waals surface area contributed by atoms with Gasteiger partial charge >= 0.3 is 5.97 Å². The van der Waals surface area contributed by atoms with Gasteiger partial charge in [0.1, 0.15) is 0 Å². The molecule has 0 aliphatic rings. The quantitative estimate of drug-likeness (QED) is 0.727. The van der Waals surface area contributed by atoms with Gasteiger partial charge in [0.2, 0.25) is 10.0 Å². The van der Waals surface area contributed by atoms with Crippen molar-refractivity contribution >= 4 is 21.9 Å². The number of esters is 1. The van der Waals surface area contributed by atoms with E-state index in [1.54, 1.807) is 21.0 Å². The van der Waals surface area contributed by atoms with Crippen molar-refractivity contribution in [1.29, 1.82) is 0 Å². The molecule has 0 saturated heterocycles. The number of hydrogen-bond donors (Lipinski definition) is 1. The second-order valence-corrected chi connectivity index (χ2v) is 7.89. The molecule has 2 aromatic rings. The van der Waals surface area contributed by atoms with Gasteiger partial charge in [0.15, 0.2) is 6.61 Å². The van der Waals surface area contributed by atoms with Crippen molar-refractivity contribution < 1.29 is 22.7 Å². The second kappa shape index (κ2) is 8.79. The summed E-state index contributed by atoms with van der Waals surface area (Å²) in [5.41, 5.74) is 1.38. The van der Waals surface area contributed by atoms with Crippen LogP contribution in [0.1, 0.15) is 21.5 Å². The zero-order chi connectivity index (χ0) is 20.0. The number of benzene rings is 2. The molecule has 0 unspecified atom stereocenters. The van der Waals surface area contributed by atoms with E-state index in [1.807, 2.05) is 30.3 Å². The molecular formula is C19H22N2O5S. The first-order valence-electron chi connectivity index (χ1n) is 8.22. The number of nitrogens with zero attached hydrogens (tertiary/aromatic N) is 1. The number of likely N-dealkylation sites (N-methyl/N-ethyl adjacent to an activating group) is 1. The Kier molecular flexibility index (Phi) is 6.70. The summed E-state index contributed by atoms with van der Waals surface area (Å²) in [6.45, 7) is 1.37. The van der Waals surface area contributed by atoms with Crippen molar-refractivity contribution in [2.24, 2.45) is 0 Å². The molecule has 144 valence electrons. The highest BCUT2D eigenvalue weighted by Crippen LogP contribution is 2.18. The molecule has 0 aromatic heterocycles. The number of hydrogen-bond acceptors (Lipinski definition) is 5. The van der Waals surface area contributed by atoms with Gasteiger partial charge < -0.3 is 9.64 Å².